The van der Waals surface area contributed by atoms with Crippen LogP contribution in [0.2, 0.25) is 0 Å². The summed E-state index contributed by atoms with van der Waals surface area (Å²) in [5.41, 5.74) is 0.702. The number of hydrogen-bond donors (Lipinski definition) is 0. The van der Waals surface area contributed by atoms with Crippen molar-refractivity contribution in [2.75, 3.05) is 0 Å². The highest BCUT2D eigenvalue weighted by atomic mass is 14.5. The van der Waals surface area contributed by atoms with Gasteiger partial charge < -0.3 is 0 Å². The summed E-state index contributed by atoms with van der Waals surface area (Å²) in [5, 5.41) is 0. The normalized spacial score (nSPS) is 19.0. The van der Waals surface area contributed by atoms with Gasteiger partial charge in [-0.25, -0.2) is 0 Å². The summed E-state index contributed by atoms with van der Waals surface area (Å²) in [6.07, 6.45) is 10.2. The Kier molecular flexibility index (Phi) is 5.48. The summed E-state index contributed by atoms with van der Waals surface area (Å²) in [5.74, 6) is 1.68. The molecule has 0 unspecified atom stereocenters. The molecule has 0 N–H and O–H groups in total. The zero-order valence-corrected chi connectivity index (χ0v) is 9.64. The highest BCUT2D eigenvalue weighted by Gasteiger charge is 2.43. The van der Waals surface area contributed by atoms with Crippen LogP contribution in [0.1, 0.15) is 60.8 Å². The topological polar surface area (TPSA) is 0 Å². The van der Waals surface area contributed by atoms with Crippen LogP contribution in [0, 0.1) is 17.3 Å². The second-order valence-electron chi connectivity index (χ2n) is 5.32. The fourth-order valence-corrected chi connectivity index (χ4v) is 1.86. The Hall–Kier alpha value is -0.260. The lowest BCUT2D eigenvalue weighted by Crippen LogP contribution is -2.07. The molecule has 0 aliphatic heterocycles. The average molecular weight is 196 g/mol. The molecule has 0 radical (unpaired) electrons. The first-order valence-electron chi connectivity index (χ1n) is 5.72. The van der Waals surface area contributed by atoms with E-state index >= 15 is 0 Å². The van der Waals surface area contributed by atoms with Crippen molar-refractivity contribution >= 4 is 0 Å². The maximum Gasteiger partial charge on any atom is -0.0240 e. The molecule has 1 saturated carbocycles. The van der Waals surface area contributed by atoms with Gasteiger partial charge in [-0.05, 0) is 42.9 Å². The fourth-order valence-electron chi connectivity index (χ4n) is 1.86. The van der Waals surface area contributed by atoms with Gasteiger partial charge in [-0.2, -0.15) is 0 Å². The molecule has 1 fully saturated rings. The zero-order chi connectivity index (χ0) is 9.90. The summed E-state index contributed by atoms with van der Waals surface area (Å²) in [4.78, 5) is 0. The van der Waals surface area contributed by atoms with Crippen molar-refractivity contribution in [1.29, 1.82) is 0 Å². The van der Waals surface area contributed by atoms with E-state index in [0.717, 1.165) is 11.8 Å². The van der Waals surface area contributed by atoms with Crippen molar-refractivity contribution in [3.8, 4) is 0 Å². The van der Waals surface area contributed by atoms with Gasteiger partial charge in [0.2, 0.25) is 0 Å². The maximum atomic E-state index is 2.41. The molecule has 0 nitrogen and oxygen atoms in total. The highest BCUT2D eigenvalue weighted by molar-refractivity contribution is 5.01. The quantitative estimate of drug-likeness (QED) is 0.540. The Labute approximate surface area is 90.8 Å². The van der Waals surface area contributed by atoms with Crippen LogP contribution in [0.3, 0.4) is 0 Å². The number of hydrogen-bond acceptors (Lipinski definition) is 0. The molecule has 0 saturated heterocycles. The second-order valence-corrected chi connectivity index (χ2v) is 5.32. The predicted octanol–water partition coefficient (Wildman–Crippen LogP) is 5.05. The lowest BCUT2D eigenvalue weighted by Gasteiger charge is -2.16. The van der Waals surface area contributed by atoms with Crippen molar-refractivity contribution in [2.45, 2.75) is 60.8 Å². The number of allylic oxidation sites excluding steroid dienone is 2. The van der Waals surface area contributed by atoms with Gasteiger partial charge in [-0.15, -0.1) is 0 Å². The van der Waals surface area contributed by atoms with Crippen LogP contribution < -0.4 is 0 Å². The summed E-state index contributed by atoms with van der Waals surface area (Å²) in [7, 11) is 0. The van der Waals surface area contributed by atoms with Crippen LogP contribution in [0.5, 0.6) is 0 Å². The largest absolute Gasteiger partial charge is 0.0883 e. The molecule has 0 spiro atoms. The van der Waals surface area contributed by atoms with E-state index in [-0.39, 0.29) is 7.43 Å². The molecule has 1 aliphatic carbocycles. The van der Waals surface area contributed by atoms with Crippen LogP contribution >= 0.6 is 0 Å². The third-order valence-corrected chi connectivity index (χ3v) is 3.42. The van der Waals surface area contributed by atoms with Crippen LogP contribution in [0.15, 0.2) is 12.2 Å². The highest BCUT2D eigenvalue weighted by Crippen LogP contribution is 2.54. The van der Waals surface area contributed by atoms with Gasteiger partial charge in [0.25, 0.3) is 0 Å². The van der Waals surface area contributed by atoms with E-state index in [1.54, 1.807) is 0 Å². The Morgan fingerprint density at radius 1 is 1.07 bits per heavy atom. The van der Waals surface area contributed by atoms with Gasteiger partial charge in [0, 0.05) is 0 Å². The Morgan fingerprint density at radius 2 is 1.64 bits per heavy atom. The Morgan fingerprint density at radius 3 is 2.00 bits per heavy atom. The van der Waals surface area contributed by atoms with Gasteiger partial charge in [-0.3, -0.25) is 0 Å². The standard InChI is InChI=1S/C13H24.CH4/c1-11(2)7-5-6-8-13(9-10-13)12(3)4;/h5-6,11-12H,7-10H2,1-4H3;1H4. The Bertz CT molecular complexity index is 170. The first kappa shape index (κ1) is 13.7. The van der Waals surface area contributed by atoms with Crippen molar-refractivity contribution in [2.24, 2.45) is 17.3 Å². The molecular weight excluding hydrogens is 168 g/mol. The third kappa shape index (κ3) is 3.86. The molecule has 0 aromatic rings. The zero-order valence-electron chi connectivity index (χ0n) is 9.64. The predicted molar refractivity (Wildman–Crippen MR) is 66.4 cm³/mol. The first-order chi connectivity index (χ1) is 6.07. The molecule has 14 heavy (non-hydrogen) atoms. The van der Waals surface area contributed by atoms with E-state index in [4.69, 9.17) is 0 Å². The molecule has 0 aromatic carbocycles. The Balaban J connectivity index is 0.00000169. The summed E-state index contributed by atoms with van der Waals surface area (Å²) in [6.45, 7) is 9.28. The fraction of sp³-hybridized carbons (Fsp3) is 0.857. The van der Waals surface area contributed by atoms with Crippen LogP contribution in [0.25, 0.3) is 0 Å². The summed E-state index contributed by atoms with van der Waals surface area (Å²) < 4.78 is 0. The van der Waals surface area contributed by atoms with E-state index in [1.165, 1.54) is 25.7 Å². The van der Waals surface area contributed by atoms with E-state index < -0.39 is 0 Å². The van der Waals surface area contributed by atoms with Crippen LogP contribution in [0.4, 0.5) is 0 Å². The molecule has 0 atom stereocenters. The van der Waals surface area contributed by atoms with Crippen LogP contribution in [-0.4, -0.2) is 0 Å². The number of rotatable bonds is 5. The smallest absolute Gasteiger partial charge is 0.0240 e. The first-order valence-corrected chi connectivity index (χ1v) is 5.72. The van der Waals surface area contributed by atoms with E-state index in [9.17, 15) is 0 Å². The van der Waals surface area contributed by atoms with E-state index in [0.29, 0.717) is 5.41 Å². The molecule has 0 bridgehead atoms. The summed E-state index contributed by atoms with van der Waals surface area (Å²) >= 11 is 0. The van der Waals surface area contributed by atoms with Crippen molar-refractivity contribution in [1.82, 2.24) is 0 Å². The van der Waals surface area contributed by atoms with Gasteiger partial charge in [0.15, 0.2) is 0 Å². The lowest BCUT2D eigenvalue weighted by atomic mass is 9.89. The van der Waals surface area contributed by atoms with Crippen molar-refractivity contribution in [3.05, 3.63) is 12.2 Å². The van der Waals surface area contributed by atoms with Gasteiger partial charge in [0.1, 0.15) is 0 Å². The molecule has 0 amide bonds. The van der Waals surface area contributed by atoms with Crippen LogP contribution in [-0.2, 0) is 0 Å². The van der Waals surface area contributed by atoms with E-state index in [2.05, 4.69) is 39.8 Å². The van der Waals surface area contributed by atoms with E-state index in [1.807, 2.05) is 0 Å². The maximum absolute atomic E-state index is 2.41. The molecule has 0 heterocycles. The second kappa shape index (κ2) is 5.58. The van der Waals surface area contributed by atoms with Gasteiger partial charge in [0.05, 0.1) is 0 Å². The third-order valence-electron chi connectivity index (χ3n) is 3.42. The van der Waals surface area contributed by atoms with Crippen molar-refractivity contribution in [3.63, 3.8) is 0 Å². The average Bonchev–Trinajstić information content (AvgIpc) is 2.78. The molecule has 84 valence electrons. The lowest BCUT2D eigenvalue weighted by molar-refractivity contribution is 0.363. The molecule has 0 heteroatoms. The van der Waals surface area contributed by atoms with Crippen molar-refractivity contribution < 1.29 is 0 Å². The molecule has 1 aliphatic rings. The SMILES string of the molecule is C.CC(C)CC=CCC1(C(C)C)CC1. The summed E-state index contributed by atoms with van der Waals surface area (Å²) in [6, 6.07) is 0. The van der Waals surface area contributed by atoms with Gasteiger partial charge >= 0.3 is 0 Å². The minimum absolute atomic E-state index is 0. The monoisotopic (exact) mass is 196 g/mol. The minimum atomic E-state index is 0. The molecule has 1 rings (SSSR count). The van der Waals surface area contributed by atoms with Gasteiger partial charge in [-0.1, -0.05) is 47.3 Å². The minimum Gasteiger partial charge on any atom is -0.0883 e. The molecular formula is C14H28. The molecule has 0 aromatic heterocycles.